The first-order valence-corrected chi connectivity index (χ1v) is 6.15. The molecule has 0 radical (unpaired) electrons. The second-order valence-corrected chi connectivity index (χ2v) is 4.77. The van der Waals surface area contributed by atoms with Gasteiger partial charge in [-0.15, -0.1) is 0 Å². The molecule has 1 fully saturated rings. The quantitative estimate of drug-likeness (QED) is 0.783. The standard InChI is InChI=1S/C13H15N3O2/c1-8-4-5-10-9(7-8)12(17)16(13(18)15-10)11-3-2-6-14-11/h4-5,7,11,14H,2-3,6H2,1H3,(H,15,18). The van der Waals surface area contributed by atoms with E-state index in [4.69, 9.17) is 0 Å². The van der Waals surface area contributed by atoms with Crippen LogP contribution in [0.5, 0.6) is 0 Å². The van der Waals surface area contributed by atoms with Gasteiger partial charge in [-0.25, -0.2) is 9.36 Å². The number of aryl methyl sites for hydroxylation is 1. The van der Waals surface area contributed by atoms with Gasteiger partial charge in [-0.3, -0.25) is 10.1 Å². The number of benzene rings is 1. The summed E-state index contributed by atoms with van der Waals surface area (Å²) in [5.74, 6) is 0. The van der Waals surface area contributed by atoms with Gasteiger partial charge in [0.2, 0.25) is 0 Å². The second-order valence-electron chi connectivity index (χ2n) is 4.77. The molecule has 3 rings (SSSR count). The predicted octanol–water partition coefficient (Wildman–Crippen LogP) is 0.880. The summed E-state index contributed by atoms with van der Waals surface area (Å²) >= 11 is 0. The predicted molar refractivity (Wildman–Crippen MR) is 69.8 cm³/mol. The van der Waals surface area contributed by atoms with Crippen molar-refractivity contribution < 1.29 is 0 Å². The van der Waals surface area contributed by atoms with Gasteiger partial charge >= 0.3 is 5.69 Å². The van der Waals surface area contributed by atoms with Crippen LogP contribution in [0.25, 0.3) is 10.9 Å². The molecule has 1 saturated heterocycles. The first-order chi connectivity index (χ1) is 8.66. The SMILES string of the molecule is Cc1ccc2[nH]c(=O)n(C3CCCN3)c(=O)c2c1. The van der Waals surface area contributed by atoms with Crippen LogP contribution in [0.15, 0.2) is 27.8 Å². The highest BCUT2D eigenvalue weighted by Crippen LogP contribution is 2.14. The monoisotopic (exact) mass is 245 g/mol. The van der Waals surface area contributed by atoms with Gasteiger partial charge in [0.1, 0.15) is 0 Å². The number of nitrogens with zero attached hydrogens (tertiary/aromatic N) is 1. The summed E-state index contributed by atoms with van der Waals surface area (Å²) in [4.78, 5) is 27.2. The fraction of sp³-hybridized carbons (Fsp3) is 0.385. The Morgan fingerprint density at radius 1 is 1.33 bits per heavy atom. The maximum atomic E-state index is 12.4. The Balaban J connectivity index is 2.32. The van der Waals surface area contributed by atoms with Crippen LogP contribution in [-0.2, 0) is 0 Å². The summed E-state index contributed by atoms with van der Waals surface area (Å²) < 4.78 is 1.30. The van der Waals surface area contributed by atoms with Crippen molar-refractivity contribution in [3.63, 3.8) is 0 Å². The van der Waals surface area contributed by atoms with Gasteiger partial charge in [0, 0.05) is 0 Å². The van der Waals surface area contributed by atoms with Gasteiger partial charge in [0.25, 0.3) is 5.56 Å². The van der Waals surface area contributed by atoms with Gasteiger partial charge in [-0.2, -0.15) is 0 Å². The van der Waals surface area contributed by atoms with E-state index in [1.165, 1.54) is 4.57 Å². The molecule has 1 unspecified atom stereocenters. The summed E-state index contributed by atoms with van der Waals surface area (Å²) in [6.07, 6.45) is 1.63. The van der Waals surface area contributed by atoms with E-state index >= 15 is 0 Å². The number of hydrogen-bond donors (Lipinski definition) is 2. The third-order valence-corrected chi connectivity index (χ3v) is 3.43. The largest absolute Gasteiger partial charge is 0.330 e. The van der Waals surface area contributed by atoms with Crippen LogP contribution in [0.4, 0.5) is 0 Å². The molecule has 5 nitrogen and oxygen atoms in total. The van der Waals surface area contributed by atoms with Crippen LogP contribution in [0.1, 0.15) is 24.6 Å². The molecule has 1 aromatic heterocycles. The highest BCUT2D eigenvalue weighted by atomic mass is 16.2. The van der Waals surface area contributed by atoms with Crippen molar-refractivity contribution in [1.82, 2.24) is 14.9 Å². The first kappa shape index (κ1) is 11.2. The minimum Gasteiger partial charge on any atom is -0.307 e. The number of aromatic nitrogens is 2. The minimum absolute atomic E-state index is 0.175. The molecule has 18 heavy (non-hydrogen) atoms. The lowest BCUT2D eigenvalue weighted by Crippen LogP contribution is -2.41. The minimum atomic E-state index is -0.337. The summed E-state index contributed by atoms with van der Waals surface area (Å²) in [6, 6.07) is 5.48. The average molecular weight is 245 g/mol. The Morgan fingerprint density at radius 2 is 2.17 bits per heavy atom. The van der Waals surface area contributed by atoms with Crippen molar-refractivity contribution in [1.29, 1.82) is 0 Å². The van der Waals surface area contributed by atoms with Crippen molar-refractivity contribution in [3.8, 4) is 0 Å². The molecule has 0 bridgehead atoms. The maximum absolute atomic E-state index is 12.4. The Hall–Kier alpha value is -1.88. The summed E-state index contributed by atoms with van der Waals surface area (Å²) in [6.45, 7) is 2.78. The molecule has 1 atom stereocenters. The van der Waals surface area contributed by atoms with Crippen molar-refractivity contribution in [2.45, 2.75) is 25.9 Å². The third kappa shape index (κ3) is 1.67. The smallest absolute Gasteiger partial charge is 0.307 e. The average Bonchev–Trinajstić information content (AvgIpc) is 2.84. The van der Waals surface area contributed by atoms with Crippen LogP contribution in [0, 0.1) is 6.92 Å². The molecule has 0 aliphatic carbocycles. The zero-order valence-electron chi connectivity index (χ0n) is 10.2. The van der Waals surface area contributed by atoms with E-state index in [1.54, 1.807) is 6.07 Å². The summed E-state index contributed by atoms with van der Waals surface area (Å²) in [5.41, 5.74) is 1.06. The first-order valence-electron chi connectivity index (χ1n) is 6.15. The lowest BCUT2D eigenvalue weighted by Gasteiger charge is -2.13. The zero-order chi connectivity index (χ0) is 12.7. The highest BCUT2D eigenvalue weighted by Gasteiger charge is 2.20. The van der Waals surface area contributed by atoms with Gasteiger partial charge in [-0.1, -0.05) is 11.6 Å². The maximum Gasteiger partial charge on any atom is 0.330 e. The van der Waals surface area contributed by atoms with Crippen LogP contribution in [0.3, 0.4) is 0 Å². The fourth-order valence-electron chi connectivity index (χ4n) is 2.51. The van der Waals surface area contributed by atoms with Gasteiger partial charge in [0.05, 0.1) is 17.1 Å². The topological polar surface area (TPSA) is 66.9 Å². The molecule has 0 saturated carbocycles. The number of nitrogens with one attached hydrogen (secondary N) is 2. The summed E-state index contributed by atoms with van der Waals surface area (Å²) in [5, 5.41) is 3.75. The van der Waals surface area contributed by atoms with Crippen LogP contribution in [-0.4, -0.2) is 16.1 Å². The van der Waals surface area contributed by atoms with E-state index in [2.05, 4.69) is 10.3 Å². The zero-order valence-corrected chi connectivity index (χ0v) is 10.2. The van der Waals surface area contributed by atoms with E-state index in [-0.39, 0.29) is 17.4 Å². The van der Waals surface area contributed by atoms with Crippen LogP contribution in [0.2, 0.25) is 0 Å². The molecule has 0 amide bonds. The third-order valence-electron chi connectivity index (χ3n) is 3.43. The molecular weight excluding hydrogens is 230 g/mol. The molecule has 2 heterocycles. The number of fused-ring (bicyclic) bond motifs is 1. The van der Waals surface area contributed by atoms with Crippen LogP contribution >= 0.6 is 0 Å². The molecule has 2 aromatic rings. The summed E-state index contributed by atoms with van der Waals surface area (Å²) in [7, 11) is 0. The Labute approximate surface area is 103 Å². The van der Waals surface area contributed by atoms with Crippen LogP contribution < -0.4 is 16.6 Å². The normalized spacial score (nSPS) is 19.5. The molecule has 0 spiro atoms. The van der Waals surface area contributed by atoms with Crippen molar-refractivity contribution in [3.05, 3.63) is 44.6 Å². The molecule has 94 valence electrons. The molecule has 2 N–H and O–H groups in total. The van der Waals surface area contributed by atoms with Crippen molar-refractivity contribution in [2.75, 3.05) is 6.54 Å². The Kier molecular flexibility index (Phi) is 2.56. The van der Waals surface area contributed by atoms with Gasteiger partial charge < -0.3 is 4.98 Å². The Bertz CT molecular complexity index is 708. The lowest BCUT2D eigenvalue weighted by atomic mass is 10.1. The highest BCUT2D eigenvalue weighted by molar-refractivity contribution is 5.77. The molecular formula is C13H15N3O2. The van der Waals surface area contributed by atoms with Crippen molar-refractivity contribution >= 4 is 10.9 Å². The molecule has 1 aromatic carbocycles. The van der Waals surface area contributed by atoms with E-state index in [0.29, 0.717) is 10.9 Å². The van der Waals surface area contributed by atoms with E-state index in [1.807, 2.05) is 19.1 Å². The number of H-pyrrole nitrogens is 1. The van der Waals surface area contributed by atoms with Gasteiger partial charge in [0.15, 0.2) is 0 Å². The fourth-order valence-corrected chi connectivity index (χ4v) is 2.51. The second kappa shape index (κ2) is 4.10. The Morgan fingerprint density at radius 3 is 2.89 bits per heavy atom. The van der Waals surface area contributed by atoms with Gasteiger partial charge in [-0.05, 0) is 38.4 Å². The number of hydrogen-bond acceptors (Lipinski definition) is 3. The molecule has 1 aliphatic rings. The lowest BCUT2D eigenvalue weighted by molar-refractivity contribution is 0.439. The molecule has 5 heteroatoms. The van der Waals surface area contributed by atoms with Crippen molar-refractivity contribution in [2.24, 2.45) is 0 Å². The number of rotatable bonds is 1. The molecule has 1 aliphatic heterocycles. The number of aromatic amines is 1. The van der Waals surface area contributed by atoms with E-state index in [0.717, 1.165) is 24.9 Å². The van der Waals surface area contributed by atoms with E-state index in [9.17, 15) is 9.59 Å². The van der Waals surface area contributed by atoms with E-state index < -0.39 is 0 Å².